The second kappa shape index (κ2) is 8.01. The molecule has 8 nitrogen and oxygen atoms in total. The van der Waals surface area contributed by atoms with Gasteiger partial charge in [-0.2, -0.15) is 27.9 Å². The Morgan fingerprint density at radius 1 is 1.13 bits per heavy atom. The summed E-state index contributed by atoms with van der Waals surface area (Å²) in [5.41, 5.74) is 2.64. The summed E-state index contributed by atoms with van der Waals surface area (Å²) in [6, 6.07) is 16.8. The van der Waals surface area contributed by atoms with Crippen LogP contribution >= 0.6 is 0 Å². The number of aryl methyl sites for hydroxylation is 1. The molecule has 9 heteroatoms. The van der Waals surface area contributed by atoms with Crippen LogP contribution in [0.2, 0.25) is 0 Å². The van der Waals surface area contributed by atoms with Gasteiger partial charge in [0.15, 0.2) is 5.82 Å². The lowest BCUT2D eigenvalue weighted by molar-refractivity contribution is 0.436. The molecule has 3 aromatic rings. The molecule has 1 aliphatic rings. The van der Waals surface area contributed by atoms with Crippen LogP contribution in [0.4, 0.5) is 0 Å². The molecule has 0 amide bonds. The van der Waals surface area contributed by atoms with Gasteiger partial charge in [-0.3, -0.25) is 0 Å². The van der Waals surface area contributed by atoms with Gasteiger partial charge in [-0.05, 0) is 42.8 Å². The molecule has 2 aromatic carbocycles. The van der Waals surface area contributed by atoms with E-state index < -0.39 is 10.0 Å². The van der Waals surface area contributed by atoms with Crippen molar-refractivity contribution in [3.05, 3.63) is 71.9 Å². The first-order chi connectivity index (χ1) is 14.9. The van der Waals surface area contributed by atoms with Crippen molar-refractivity contribution in [3.8, 4) is 23.1 Å². The number of aliphatic imine (C=N–C) groups is 1. The van der Waals surface area contributed by atoms with Gasteiger partial charge in [0.25, 0.3) is 10.0 Å². The summed E-state index contributed by atoms with van der Waals surface area (Å²) in [5, 5.41) is 24.1. The van der Waals surface area contributed by atoms with E-state index in [1.54, 1.807) is 55.5 Å². The van der Waals surface area contributed by atoms with Crippen molar-refractivity contribution in [2.75, 3.05) is 0 Å². The Labute approximate surface area is 179 Å². The van der Waals surface area contributed by atoms with Gasteiger partial charge in [0.05, 0.1) is 39.7 Å². The third-order valence-corrected chi connectivity index (χ3v) is 6.02. The van der Waals surface area contributed by atoms with Gasteiger partial charge in [-0.1, -0.05) is 30.3 Å². The number of aromatic nitrogens is 2. The molecule has 154 valence electrons. The van der Waals surface area contributed by atoms with E-state index >= 15 is 0 Å². The molecule has 1 aliphatic heterocycles. The van der Waals surface area contributed by atoms with E-state index in [0.29, 0.717) is 22.6 Å². The van der Waals surface area contributed by atoms with E-state index in [9.17, 15) is 13.5 Å². The summed E-state index contributed by atoms with van der Waals surface area (Å²) in [7, 11) is -3.82. The van der Waals surface area contributed by atoms with Crippen molar-refractivity contribution >= 4 is 27.8 Å². The highest BCUT2D eigenvalue weighted by atomic mass is 32.2. The van der Waals surface area contributed by atoms with Crippen LogP contribution in [0.5, 0.6) is 5.88 Å². The molecule has 0 fully saturated rings. The molecule has 0 radical (unpaired) electrons. The smallest absolute Gasteiger partial charge is 0.282 e. The number of allylic oxidation sites excluding steroid dienone is 1. The van der Waals surface area contributed by atoms with Gasteiger partial charge in [0, 0.05) is 6.42 Å². The zero-order valence-corrected chi connectivity index (χ0v) is 17.3. The first-order valence-electron chi connectivity index (χ1n) is 9.31. The SMILES string of the molecule is Cc1nn(C2=CCC(=NS(=O)(=O)c3ccccc3)C=N2)c(O)c1-c1ccc(C#N)cc1. The maximum absolute atomic E-state index is 12.4. The zero-order chi connectivity index (χ0) is 22.0. The monoisotopic (exact) mass is 431 g/mol. The van der Waals surface area contributed by atoms with E-state index in [0.717, 1.165) is 5.56 Å². The first kappa shape index (κ1) is 20.3. The normalized spacial score (nSPS) is 15.0. The predicted octanol–water partition coefficient (Wildman–Crippen LogP) is 3.54. The van der Waals surface area contributed by atoms with E-state index in [1.807, 2.05) is 0 Å². The Hall–Kier alpha value is -4.03. The fraction of sp³-hybridized carbons (Fsp3) is 0.0909. The van der Waals surface area contributed by atoms with Crippen molar-refractivity contribution in [2.45, 2.75) is 18.2 Å². The average Bonchev–Trinajstić information content (AvgIpc) is 3.08. The van der Waals surface area contributed by atoms with Crippen LogP contribution in [0, 0.1) is 18.3 Å². The molecule has 1 N–H and O–H groups in total. The second-order valence-corrected chi connectivity index (χ2v) is 8.38. The summed E-state index contributed by atoms with van der Waals surface area (Å²) in [6.45, 7) is 1.76. The Balaban J connectivity index is 1.61. The standard InChI is InChI=1S/C22H17N5O3S/c1-15-21(17-9-7-16(13-23)8-10-17)22(28)27(25-15)20-12-11-18(14-24-20)26-31(29,30)19-5-3-2-4-6-19/h2-10,12,14,28H,11H2,1H3. The molecule has 1 aromatic heterocycles. The van der Waals surface area contributed by atoms with Crippen LogP contribution in [0.1, 0.15) is 17.7 Å². The largest absolute Gasteiger partial charge is 0.493 e. The molecule has 0 atom stereocenters. The van der Waals surface area contributed by atoms with E-state index in [1.165, 1.54) is 23.0 Å². The molecule has 0 bridgehead atoms. The van der Waals surface area contributed by atoms with E-state index in [4.69, 9.17) is 5.26 Å². The Morgan fingerprint density at radius 3 is 2.45 bits per heavy atom. The van der Waals surface area contributed by atoms with Crippen LogP contribution in [-0.4, -0.2) is 35.2 Å². The average molecular weight is 431 g/mol. The van der Waals surface area contributed by atoms with E-state index in [2.05, 4.69) is 20.6 Å². The number of sulfonamides is 1. The van der Waals surface area contributed by atoms with Gasteiger partial charge >= 0.3 is 0 Å². The highest BCUT2D eigenvalue weighted by Gasteiger charge is 2.20. The number of benzene rings is 2. The Kier molecular flexibility index (Phi) is 5.23. The Morgan fingerprint density at radius 2 is 1.84 bits per heavy atom. The van der Waals surface area contributed by atoms with Gasteiger partial charge in [-0.15, -0.1) is 0 Å². The third-order valence-electron chi connectivity index (χ3n) is 4.67. The van der Waals surface area contributed by atoms with Crippen molar-refractivity contribution in [1.82, 2.24) is 9.78 Å². The van der Waals surface area contributed by atoms with Crippen molar-refractivity contribution in [3.63, 3.8) is 0 Å². The summed E-state index contributed by atoms with van der Waals surface area (Å²) in [5.74, 6) is 0.263. The molecular weight excluding hydrogens is 414 g/mol. The molecule has 0 aliphatic carbocycles. The molecule has 0 saturated heterocycles. The fourth-order valence-corrected chi connectivity index (χ4v) is 4.20. The van der Waals surface area contributed by atoms with Crippen molar-refractivity contribution < 1.29 is 13.5 Å². The summed E-state index contributed by atoms with van der Waals surface area (Å²) < 4.78 is 30.0. The number of rotatable bonds is 4. The van der Waals surface area contributed by atoms with Crippen molar-refractivity contribution in [1.29, 1.82) is 5.26 Å². The molecule has 0 spiro atoms. The number of hydrogen-bond acceptors (Lipinski definition) is 6. The van der Waals surface area contributed by atoms with Crippen molar-refractivity contribution in [2.24, 2.45) is 9.39 Å². The van der Waals surface area contributed by atoms with Crippen LogP contribution in [0.3, 0.4) is 0 Å². The van der Waals surface area contributed by atoms with Crippen LogP contribution in [0.15, 0.2) is 75.0 Å². The minimum atomic E-state index is -3.82. The van der Waals surface area contributed by atoms with Gasteiger partial charge < -0.3 is 5.11 Å². The number of nitrogens with zero attached hydrogens (tertiary/aromatic N) is 5. The van der Waals surface area contributed by atoms with Gasteiger partial charge in [0.1, 0.15) is 0 Å². The lowest BCUT2D eigenvalue weighted by Gasteiger charge is -2.09. The molecular formula is C22H17N5O3S. The number of nitriles is 1. The highest BCUT2D eigenvalue weighted by molar-refractivity contribution is 7.90. The molecule has 0 saturated carbocycles. The number of hydrogen-bond donors (Lipinski definition) is 1. The quantitative estimate of drug-likeness (QED) is 0.677. The van der Waals surface area contributed by atoms with E-state index in [-0.39, 0.29) is 22.9 Å². The topological polar surface area (TPSA) is 121 Å². The van der Waals surface area contributed by atoms with Gasteiger partial charge in [-0.25, -0.2) is 4.99 Å². The first-order valence-corrected chi connectivity index (χ1v) is 10.8. The highest BCUT2D eigenvalue weighted by Crippen LogP contribution is 2.34. The lowest BCUT2D eigenvalue weighted by atomic mass is 10.0. The van der Waals surface area contributed by atoms with Crippen LogP contribution in [-0.2, 0) is 10.0 Å². The second-order valence-electron chi connectivity index (χ2n) is 6.78. The maximum Gasteiger partial charge on any atom is 0.282 e. The summed E-state index contributed by atoms with van der Waals surface area (Å²) in [6.07, 6.45) is 3.22. The third kappa shape index (κ3) is 4.01. The Bertz CT molecular complexity index is 1380. The van der Waals surface area contributed by atoms with Crippen LogP contribution < -0.4 is 0 Å². The minimum absolute atomic E-state index is 0.0945. The summed E-state index contributed by atoms with van der Waals surface area (Å²) >= 11 is 0. The minimum Gasteiger partial charge on any atom is -0.493 e. The van der Waals surface area contributed by atoms with Crippen LogP contribution in [0.25, 0.3) is 16.9 Å². The predicted molar refractivity (Wildman–Crippen MR) is 117 cm³/mol. The fourth-order valence-electron chi connectivity index (χ4n) is 3.17. The number of aromatic hydroxyl groups is 1. The zero-order valence-electron chi connectivity index (χ0n) is 16.5. The molecule has 0 unspecified atom stereocenters. The molecule has 31 heavy (non-hydrogen) atoms. The lowest BCUT2D eigenvalue weighted by Crippen LogP contribution is -2.10. The van der Waals surface area contributed by atoms with Gasteiger partial charge in [0.2, 0.25) is 5.88 Å². The molecule has 4 rings (SSSR count). The maximum atomic E-state index is 12.4. The molecule has 2 heterocycles. The summed E-state index contributed by atoms with van der Waals surface area (Å²) in [4.78, 5) is 4.34.